The third-order valence-electron chi connectivity index (χ3n) is 5.24. The number of fused-ring (bicyclic) bond motifs is 2. The summed E-state index contributed by atoms with van der Waals surface area (Å²) in [4.78, 5) is 22.7. The van der Waals surface area contributed by atoms with Gasteiger partial charge in [-0.25, -0.2) is 9.67 Å². The fraction of sp³-hybridized carbons (Fsp3) is 0.429. The summed E-state index contributed by atoms with van der Waals surface area (Å²) in [5.41, 5.74) is 4.14. The van der Waals surface area contributed by atoms with Crippen LogP contribution in [0.4, 0.5) is 11.6 Å². The summed E-state index contributed by atoms with van der Waals surface area (Å²) in [6, 6.07) is 4.16. The molecular weight excluding hydrogens is 382 g/mol. The average molecular weight is 409 g/mol. The van der Waals surface area contributed by atoms with E-state index < -0.39 is 0 Å². The van der Waals surface area contributed by atoms with Gasteiger partial charge in [-0.15, -0.1) is 0 Å². The lowest BCUT2D eigenvalue weighted by Gasteiger charge is -2.26. The van der Waals surface area contributed by atoms with Gasteiger partial charge in [-0.05, 0) is 43.7 Å². The highest BCUT2D eigenvalue weighted by Crippen LogP contribution is 2.33. The van der Waals surface area contributed by atoms with Crippen molar-refractivity contribution in [1.82, 2.24) is 30.0 Å². The molecule has 0 aliphatic carbocycles. The lowest BCUT2D eigenvalue weighted by molar-refractivity contribution is -0.119. The zero-order chi connectivity index (χ0) is 21.3. The normalized spacial score (nSPS) is 14.9. The van der Waals surface area contributed by atoms with Crippen molar-refractivity contribution in [2.24, 2.45) is 0 Å². The maximum Gasteiger partial charge on any atom is 0.229 e. The highest BCUT2D eigenvalue weighted by Gasteiger charge is 2.18. The van der Waals surface area contributed by atoms with Gasteiger partial charge in [0.05, 0.1) is 30.9 Å². The van der Waals surface area contributed by atoms with Crippen LogP contribution in [-0.2, 0) is 24.3 Å². The molecule has 9 heteroatoms. The largest absolute Gasteiger partial charge is 0.495 e. The molecule has 158 valence electrons. The molecule has 4 rings (SSSR count). The molecular formula is C21H27N7O2. The van der Waals surface area contributed by atoms with Gasteiger partial charge in [-0.2, -0.15) is 10.1 Å². The van der Waals surface area contributed by atoms with E-state index in [1.807, 2.05) is 6.92 Å². The van der Waals surface area contributed by atoms with Gasteiger partial charge in [0.1, 0.15) is 5.75 Å². The van der Waals surface area contributed by atoms with Gasteiger partial charge in [-0.1, -0.05) is 0 Å². The smallest absolute Gasteiger partial charge is 0.229 e. The van der Waals surface area contributed by atoms with E-state index in [9.17, 15) is 4.79 Å². The molecule has 0 saturated carbocycles. The van der Waals surface area contributed by atoms with Gasteiger partial charge >= 0.3 is 0 Å². The van der Waals surface area contributed by atoms with Gasteiger partial charge in [-0.3, -0.25) is 4.79 Å². The Bertz CT molecular complexity index is 1080. The van der Waals surface area contributed by atoms with E-state index in [1.165, 1.54) is 18.1 Å². The molecule has 1 aromatic carbocycles. The van der Waals surface area contributed by atoms with E-state index in [4.69, 9.17) is 4.74 Å². The van der Waals surface area contributed by atoms with Gasteiger partial charge in [0.2, 0.25) is 11.9 Å². The number of rotatable bonds is 6. The Morgan fingerprint density at radius 2 is 2.13 bits per heavy atom. The zero-order valence-corrected chi connectivity index (χ0v) is 17.8. The number of carbonyl (C=O) groups excluding carboxylic acids is 1. The van der Waals surface area contributed by atoms with Crippen LogP contribution in [0, 0.1) is 0 Å². The maximum absolute atomic E-state index is 11.3. The maximum atomic E-state index is 11.3. The molecule has 2 aromatic heterocycles. The first-order valence-electron chi connectivity index (χ1n) is 10.0. The quantitative estimate of drug-likeness (QED) is 0.643. The zero-order valence-electron chi connectivity index (χ0n) is 17.8. The van der Waals surface area contributed by atoms with Crippen molar-refractivity contribution in [2.75, 3.05) is 26.0 Å². The number of anilines is 2. The van der Waals surface area contributed by atoms with Gasteiger partial charge in [0, 0.05) is 32.3 Å². The number of hydrogen-bond donors (Lipinski definition) is 2. The molecule has 3 aromatic rings. The van der Waals surface area contributed by atoms with E-state index in [0.717, 1.165) is 36.3 Å². The Hall–Kier alpha value is -3.20. The van der Waals surface area contributed by atoms with Gasteiger partial charge in [0.25, 0.3) is 0 Å². The lowest BCUT2D eigenvalue weighted by atomic mass is 9.99. The van der Waals surface area contributed by atoms with Crippen molar-refractivity contribution < 1.29 is 9.53 Å². The molecule has 0 unspecified atom stereocenters. The number of carbonyl (C=O) groups is 1. The Kier molecular flexibility index (Phi) is 5.54. The Morgan fingerprint density at radius 1 is 1.30 bits per heavy atom. The van der Waals surface area contributed by atoms with Crippen LogP contribution >= 0.6 is 0 Å². The molecule has 0 radical (unpaired) electrons. The highest BCUT2D eigenvalue weighted by molar-refractivity contribution is 5.76. The Labute approximate surface area is 175 Å². The molecule has 1 aliphatic heterocycles. The number of hydrogen-bond acceptors (Lipinski definition) is 7. The predicted octanol–water partition coefficient (Wildman–Crippen LogP) is 2.09. The second-order valence-corrected chi connectivity index (χ2v) is 7.83. The van der Waals surface area contributed by atoms with Crippen LogP contribution in [0.15, 0.2) is 24.5 Å². The number of nitrogens with zero attached hydrogens (tertiary/aromatic N) is 5. The SMILES string of the molecule is COc1cc2c(cc1Nc1ncc3cnn(C[C@@H](C)NC(C)=O)c3n1)CN(C)CC2. The first-order valence-corrected chi connectivity index (χ1v) is 10.0. The minimum Gasteiger partial charge on any atom is -0.495 e. The summed E-state index contributed by atoms with van der Waals surface area (Å²) in [5, 5.41) is 11.4. The minimum absolute atomic E-state index is 0.0605. The van der Waals surface area contributed by atoms with Crippen LogP contribution in [0.1, 0.15) is 25.0 Å². The number of ether oxygens (including phenoxy) is 1. The summed E-state index contributed by atoms with van der Waals surface area (Å²) < 4.78 is 7.39. The highest BCUT2D eigenvalue weighted by atomic mass is 16.5. The molecule has 0 saturated heterocycles. The minimum atomic E-state index is -0.0684. The summed E-state index contributed by atoms with van der Waals surface area (Å²) in [5.74, 6) is 1.18. The third kappa shape index (κ3) is 4.20. The topological polar surface area (TPSA) is 97.2 Å². The van der Waals surface area contributed by atoms with E-state index in [0.29, 0.717) is 18.1 Å². The van der Waals surface area contributed by atoms with E-state index in [-0.39, 0.29) is 11.9 Å². The molecule has 0 bridgehead atoms. The number of nitrogens with one attached hydrogen (secondary N) is 2. The molecule has 1 amide bonds. The average Bonchev–Trinajstić information content (AvgIpc) is 3.08. The summed E-state index contributed by atoms with van der Waals surface area (Å²) in [6.07, 6.45) is 4.49. The van der Waals surface area contributed by atoms with Gasteiger partial charge in [0.15, 0.2) is 5.65 Å². The monoisotopic (exact) mass is 409 g/mol. The summed E-state index contributed by atoms with van der Waals surface area (Å²) >= 11 is 0. The molecule has 30 heavy (non-hydrogen) atoms. The van der Waals surface area contributed by atoms with Crippen molar-refractivity contribution in [3.63, 3.8) is 0 Å². The number of benzene rings is 1. The van der Waals surface area contributed by atoms with Crippen LogP contribution in [0.5, 0.6) is 5.75 Å². The lowest BCUT2D eigenvalue weighted by Crippen LogP contribution is -2.34. The number of methoxy groups -OCH3 is 1. The van der Waals surface area contributed by atoms with Crippen molar-refractivity contribution in [1.29, 1.82) is 0 Å². The fourth-order valence-electron chi connectivity index (χ4n) is 3.83. The van der Waals surface area contributed by atoms with Crippen molar-refractivity contribution in [2.45, 2.75) is 39.4 Å². The summed E-state index contributed by atoms with van der Waals surface area (Å²) in [6.45, 7) is 5.91. The van der Waals surface area contributed by atoms with E-state index in [2.05, 4.69) is 49.8 Å². The van der Waals surface area contributed by atoms with Crippen LogP contribution in [0.2, 0.25) is 0 Å². The predicted molar refractivity (Wildman–Crippen MR) is 115 cm³/mol. The van der Waals surface area contributed by atoms with E-state index in [1.54, 1.807) is 24.2 Å². The number of aromatic nitrogens is 4. The third-order valence-corrected chi connectivity index (χ3v) is 5.24. The molecule has 0 fully saturated rings. The molecule has 1 aliphatic rings. The van der Waals surface area contributed by atoms with Crippen LogP contribution < -0.4 is 15.4 Å². The molecule has 2 N–H and O–H groups in total. The molecule has 0 spiro atoms. The van der Waals surface area contributed by atoms with Crippen molar-refractivity contribution >= 4 is 28.6 Å². The molecule has 3 heterocycles. The van der Waals surface area contributed by atoms with Crippen LogP contribution in [0.3, 0.4) is 0 Å². The second kappa shape index (κ2) is 8.27. The van der Waals surface area contributed by atoms with E-state index >= 15 is 0 Å². The number of likely N-dealkylation sites (N-methyl/N-ethyl adjacent to an activating group) is 1. The molecule has 9 nitrogen and oxygen atoms in total. The van der Waals surface area contributed by atoms with Crippen LogP contribution in [-0.4, -0.2) is 57.3 Å². The summed E-state index contributed by atoms with van der Waals surface area (Å²) in [7, 11) is 3.80. The van der Waals surface area contributed by atoms with Gasteiger partial charge < -0.3 is 20.3 Å². The number of amides is 1. The Balaban J connectivity index is 1.62. The first-order chi connectivity index (χ1) is 14.4. The Morgan fingerprint density at radius 3 is 2.90 bits per heavy atom. The second-order valence-electron chi connectivity index (χ2n) is 7.83. The van der Waals surface area contributed by atoms with Crippen molar-refractivity contribution in [3.8, 4) is 5.75 Å². The standard InChI is InChI=1S/C21H27N7O2/c1-13(24-14(2)29)11-28-20-17(10-23-28)9-22-21(26-20)25-18-7-16-12-27(3)6-5-15(16)8-19(18)30-4/h7-10,13H,5-6,11-12H2,1-4H3,(H,24,29)(H,22,25,26)/t13-/m1/s1. The van der Waals surface area contributed by atoms with Crippen LogP contribution in [0.25, 0.3) is 11.0 Å². The van der Waals surface area contributed by atoms with Crippen molar-refractivity contribution in [3.05, 3.63) is 35.7 Å². The first kappa shape index (κ1) is 20.1. The molecule has 1 atom stereocenters. The fourth-order valence-corrected chi connectivity index (χ4v) is 3.83.